The Kier molecular flexibility index (Phi) is 7.11. The Labute approximate surface area is 195 Å². The van der Waals surface area contributed by atoms with Gasteiger partial charge in [0.25, 0.3) is 5.91 Å². The number of fused-ring (bicyclic) bond motifs is 1. The Balaban J connectivity index is 1.51. The van der Waals surface area contributed by atoms with Gasteiger partial charge >= 0.3 is 0 Å². The van der Waals surface area contributed by atoms with E-state index in [4.69, 9.17) is 4.74 Å². The molecular formula is C26H28N2O4S. The molecule has 0 aromatic heterocycles. The van der Waals surface area contributed by atoms with E-state index in [9.17, 15) is 13.2 Å². The largest absolute Gasteiger partial charge is 0.495 e. The molecule has 1 amide bonds. The Hall–Kier alpha value is -3.16. The standard InChI is InChI=1S/C26H28N2O4S/c1-32-24-15-14-21(26(29)28-23-13-7-11-20-10-5-6-12-22(20)23)18-25(24)33(30,31)27-17-16-19-8-3-2-4-9-19/h2-6,8-10,12,14-15,18,23,27H,7,11,13,16-17H2,1H3,(H,28,29)/t23-/m1/s1. The molecule has 0 spiro atoms. The number of sulfonamides is 1. The Morgan fingerprint density at radius 3 is 2.58 bits per heavy atom. The zero-order valence-electron chi connectivity index (χ0n) is 18.6. The van der Waals surface area contributed by atoms with Crippen molar-refractivity contribution in [1.82, 2.24) is 10.0 Å². The third-order valence-electron chi connectivity index (χ3n) is 5.94. The van der Waals surface area contributed by atoms with Gasteiger partial charge in [0.1, 0.15) is 10.6 Å². The molecule has 0 saturated heterocycles. The van der Waals surface area contributed by atoms with E-state index in [1.807, 2.05) is 48.5 Å². The molecule has 7 heteroatoms. The van der Waals surface area contributed by atoms with Gasteiger partial charge in [-0.25, -0.2) is 13.1 Å². The lowest BCUT2D eigenvalue weighted by Gasteiger charge is -2.26. The molecule has 0 radical (unpaired) electrons. The third-order valence-corrected chi connectivity index (χ3v) is 7.42. The van der Waals surface area contributed by atoms with Crippen LogP contribution in [0.2, 0.25) is 0 Å². The van der Waals surface area contributed by atoms with Gasteiger partial charge in [-0.05, 0) is 60.6 Å². The van der Waals surface area contributed by atoms with Crippen molar-refractivity contribution in [3.05, 3.63) is 95.1 Å². The number of ether oxygens (including phenoxy) is 1. The van der Waals surface area contributed by atoms with Gasteiger partial charge < -0.3 is 10.1 Å². The number of hydrogen-bond acceptors (Lipinski definition) is 4. The number of benzene rings is 3. The average molecular weight is 465 g/mol. The predicted octanol–water partition coefficient (Wildman–Crippen LogP) is 4.02. The summed E-state index contributed by atoms with van der Waals surface area (Å²) in [5.74, 6) is -0.109. The summed E-state index contributed by atoms with van der Waals surface area (Å²) in [6.45, 7) is 0.241. The fraction of sp³-hybridized carbons (Fsp3) is 0.269. The second-order valence-electron chi connectivity index (χ2n) is 8.12. The maximum absolute atomic E-state index is 13.0. The van der Waals surface area contributed by atoms with Gasteiger partial charge in [-0.2, -0.15) is 0 Å². The Morgan fingerprint density at radius 1 is 1.03 bits per heavy atom. The number of nitrogens with one attached hydrogen (secondary N) is 2. The summed E-state index contributed by atoms with van der Waals surface area (Å²) in [4.78, 5) is 13.0. The molecule has 0 unspecified atom stereocenters. The first-order valence-corrected chi connectivity index (χ1v) is 12.6. The second kappa shape index (κ2) is 10.2. The molecule has 0 saturated carbocycles. The van der Waals surface area contributed by atoms with E-state index in [2.05, 4.69) is 16.1 Å². The predicted molar refractivity (Wildman–Crippen MR) is 128 cm³/mol. The normalized spacial score (nSPS) is 15.5. The summed E-state index contributed by atoms with van der Waals surface area (Å²) in [6.07, 6.45) is 3.41. The van der Waals surface area contributed by atoms with Gasteiger partial charge in [-0.15, -0.1) is 0 Å². The highest BCUT2D eigenvalue weighted by atomic mass is 32.2. The van der Waals surface area contributed by atoms with E-state index < -0.39 is 10.0 Å². The molecule has 0 heterocycles. The maximum atomic E-state index is 13.0. The van der Waals surface area contributed by atoms with Crippen LogP contribution in [-0.2, 0) is 22.9 Å². The highest BCUT2D eigenvalue weighted by Gasteiger charge is 2.25. The van der Waals surface area contributed by atoms with E-state index in [1.165, 1.54) is 24.8 Å². The minimum Gasteiger partial charge on any atom is -0.495 e. The number of carbonyl (C=O) groups is 1. The fourth-order valence-electron chi connectivity index (χ4n) is 4.23. The van der Waals surface area contributed by atoms with Crippen LogP contribution in [0.15, 0.2) is 77.7 Å². The number of carbonyl (C=O) groups excluding carboxylic acids is 1. The van der Waals surface area contributed by atoms with Gasteiger partial charge in [0.2, 0.25) is 10.0 Å². The SMILES string of the molecule is COc1ccc(C(=O)N[C@@H]2CCCc3ccccc32)cc1S(=O)(=O)NCCc1ccccc1. The zero-order chi connectivity index (χ0) is 23.3. The van der Waals surface area contributed by atoms with E-state index in [1.54, 1.807) is 6.07 Å². The second-order valence-corrected chi connectivity index (χ2v) is 9.85. The van der Waals surface area contributed by atoms with E-state index >= 15 is 0 Å². The first-order valence-electron chi connectivity index (χ1n) is 11.1. The van der Waals surface area contributed by atoms with Crippen molar-refractivity contribution < 1.29 is 17.9 Å². The smallest absolute Gasteiger partial charge is 0.251 e. The molecule has 3 aromatic carbocycles. The molecule has 2 N–H and O–H groups in total. The van der Waals surface area contributed by atoms with Crippen molar-refractivity contribution in [3.8, 4) is 5.75 Å². The van der Waals surface area contributed by atoms with Crippen LogP contribution in [0.5, 0.6) is 5.75 Å². The summed E-state index contributed by atoms with van der Waals surface area (Å²) in [6, 6.07) is 22.2. The molecule has 172 valence electrons. The van der Waals surface area contributed by atoms with Crippen molar-refractivity contribution in [2.24, 2.45) is 0 Å². The number of amides is 1. The highest BCUT2D eigenvalue weighted by molar-refractivity contribution is 7.89. The lowest BCUT2D eigenvalue weighted by molar-refractivity contribution is 0.0932. The molecule has 3 aromatic rings. The Morgan fingerprint density at radius 2 is 1.79 bits per heavy atom. The highest BCUT2D eigenvalue weighted by Crippen LogP contribution is 2.30. The topological polar surface area (TPSA) is 84.5 Å². The van der Waals surface area contributed by atoms with E-state index in [0.717, 1.165) is 30.4 Å². The molecule has 4 rings (SSSR count). The van der Waals surface area contributed by atoms with Crippen LogP contribution in [0.3, 0.4) is 0 Å². The number of hydrogen-bond donors (Lipinski definition) is 2. The van der Waals surface area contributed by atoms with Gasteiger partial charge in [-0.3, -0.25) is 4.79 Å². The summed E-state index contributed by atoms with van der Waals surface area (Å²) in [5, 5.41) is 3.08. The van der Waals surface area contributed by atoms with Crippen LogP contribution in [0.25, 0.3) is 0 Å². The lowest BCUT2D eigenvalue weighted by Crippen LogP contribution is -2.31. The first kappa shape index (κ1) is 23.0. The number of aryl methyl sites for hydroxylation is 1. The molecule has 0 aliphatic heterocycles. The van der Waals surface area contributed by atoms with Gasteiger partial charge in [-0.1, -0.05) is 54.6 Å². The van der Waals surface area contributed by atoms with E-state index in [0.29, 0.717) is 6.42 Å². The van der Waals surface area contributed by atoms with Gasteiger partial charge in [0, 0.05) is 12.1 Å². The number of methoxy groups -OCH3 is 1. The fourth-order valence-corrected chi connectivity index (χ4v) is 5.45. The van der Waals surface area contributed by atoms with Gasteiger partial charge in [0.15, 0.2) is 0 Å². The summed E-state index contributed by atoms with van der Waals surface area (Å²) >= 11 is 0. The third kappa shape index (κ3) is 5.43. The molecular weight excluding hydrogens is 436 g/mol. The maximum Gasteiger partial charge on any atom is 0.251 e. The van der Waals surface area contributed by atoms with Crippen LogP contribution in [0, 0.1) is 0 Å². The minimum absolute atomic E-state index is 0.0465. The first-order chi connectivity index (χ1) is 16.0. The molecule has 1 aliphatic carbocycles. The minimum atomic E-state index is -3.87. The van der Waals surface area contributed by atoms with Crippen molar-refractivity contribution in [2.45, 2.75) is 36.6 Å². The molecule has 0 bridgehead atoms. The zero-order valence-corrected chi connectivity index (χ0v) is 19.4. The molecule has 1 atom stereocenters. The van der Waals surface area contributed by atoms with Crippen LogP contribution < -0.4 is 14.8 Å². The summed E-state index contributed by atoms with van der Waals surface area (Å²) in [5.41, 5.74) is 3.69. The lowest BCUT2D eigenvalue weighted by atomic mass is 9.87. The molecule has 6 nitrogen and oxygen atoms in total. The van der Waals surface area contributed by atoms with E-state index in [-0.39, 0.29) is 34.7 Å². The van der Waals surface area contributed by atoms with Crippen molar-refractivity contribution in [3.63, 3.8) is 0 Å². The van der Waals surface area contributed by atoms with Crippen LogP contribution in [-0.4, -0.2) is 28.0 Å². The van der Waals surface area contributed by atoms with Crippen LogP contribution in [0.4, 0.5) is 0 Å². The number of rotatable bonds is 8. The van der Waals surface area contributed by atoms with Crippen molar-refractivity contribution in [1.29, 1.82) is 0 Å². The summed E-state index contributed by atoms with van der Waals surface area (Å²) in [7, 11) is -2.45. The van der Waals surface area contributed by atoms with Crippen LogP contribution in [0.1, 0.15) is 45.9 Å². The summed E-state index contributed by atoms with van der Waals surface area (Å²) < 4.78 is 33.9. The monoisotopic (exact) mass is 464 g/mol. The van der Waals surface area contributed by atoms with Gasteiger partial charge in [0.05, 0.1) is 13.2 Å². The molecule has 0 fully saturated rings. The quantitative estimate of drug-likeness (QED) is 0.527. The molecule has 33 heavy (non-hydrogen) atoms. The average Bonchev–Trinajstić information content (AvgIpc) is 2.84. The molecule has 1 aliphatic rings. The Bertz CT molecular complexity index is 1230. The van der Waals surface area contributed by atoms with Crippen molar-refractivity contribution >= 4 is 15.9 Å². The van der Waals surface area contributed by atoms with Crippen molar-refractivity contribution in [2.75, 3.05) is 13.7 Å². The van der Waals surface area contributed by atoms with Crippen LogP contribution >= 0.6 is 0 Å².